The van der Waals surface area contributed by atoms with Gasteiger partial charge in [-0.1, -0.05) is 26.2 Å². The van der Waals surface area contributed by atoms with Gasteiger partial charge in [-0.05, 0) is 19.3 Å². The van der Waals surface area contributed by atoms with Crippen molar-refractivity contribution in [2.45, 2.75) is 57.7 Å². The largest absolute Gasteiger partial charge is 0.379 e. The van der Waals surface area contributed by atoms with Gasteiger partial charge in [0.15, 0.2) is 0 Å². The van der Waals surface area contributed by atoms with Gasteiger partial charge in [-0.15, -0.1) is 0 Å². The molecule has 1 fully saturated rings. The molecule has 2 unspecified atom stereocenters. The molecule has 1 aliphatic rings. The molecule has 0 radical (unpaired) electrons. The van der Waals surface area contributed by atoms with Gasteiger partial charge < -0.3 is 9.47 Å². The predicted molar refractivity (Wildman–Crippen MR) is 66.7 cm³/mol. The summed E-state index contributed by atoms with van der Waals surface area (Å²) < 4.78 is 11.3. The van der Waals surface area contributed by atoms with E-state index in [2.05, 4.69) is 19.6 Å². The topological polar surface area (TPSA) is 18.5 Å². The van der Waals surface area contributed by atoms with Crippen LogP contribution in [0, 0.1) is 0 Å². The van der Waals surface area contributed by atoms with E-state index >= 15 is 0 Å². The molecular formula is C12H24O2S. The summed E-state index contributed by atoms with van der Waals surface area (Å²) in [5, 5.41) is 0. The Labute approximate surface area is 99.1 Å². The number of ether oxygens (including phenoxy) is 2. The van der Waals surface area contributed by atoms with Crippen molar-refractivity contribution in [3.05, 3.63) is 0 Å². The van der Waals surface area contributed by atoms with Crippen LogP contribution in [0.5, 0.6) is 0 Å². The Morgan fingerprint density at radius 3 is 2.67 bits per heavy atom. The predicted octanol–water partition coefficient (Wildman–Crippen LogP) is 3.06. The molecule has 2 nitrogen and oxygen atoms in total. The monoisotopic (exact) mass is 232 g/mol. The molecule has 0 bridgehead atoms. The van der Waals surface area contributed by atoms with Crippen LogP contribution in [0.25, 0.3) is 0 Å². The summed E-state index contributed by atoms with van der Waals surface area (Å²) in [5.74, 6) is 0.840. The molecule has 15 heavy (non-hydrogen) atoms. The van der Waals surface area contributed by atoms with Gasteiger partial charge in [0.25, 0.3) is 0 Å². The molecule has 1 saturated heterocycles. The second kappa shape index (κ2) is 8.43. The fraction of sp³-hybridized carbons (Fsp3) is 1.00. The lowest BCUT2D eigenvalue weighted by molar-refractivity contribution is -0.00843. The zero-order valence-corrected chi connectivity index (χ0v) is 10.7. The minimum Gasteiger partial charge on any atom is -0.379 e. The number of unbranched alkanes of at least 4 members (excludes halogenated alkanes) is 3. The van der Waals surface area contributed by atoms with Crippen molar-refractivity contribution in [3.63, 3.8) is 0 Å². The highest BCUT2D eigenvalue weighted by Crippen LogP contribution is 2.20. The molecule has 0 aromatic carbocycles. The minimum absolute atomic E-state index is 0.327. The Bertz CT molecular complexity index is 153. The first-order valence-corrected chi connectivity index (χ1v) is 6.84. The average molecular weight is 232 g/mol. The fourth-order valence-corrected chi connectivity index (χ4v) is 2.15. The normalized spacial score (nSPS) is 26.0. The smallest absolute Gasteiger partial charge is 0.0813 e. The van der Waals surface area contributed by atoms with Crippen LogP contribution in [-0.2, 0) is 9.47 Å². The van der Waals surface area contributed by atoms with E-state index in [0.717, 1.165) is 31.8 Å². The fourth-order valence-electron chi connectivity index (χ4n) is 1.88. The van der Waals surface area contributed by atoms with Crippen LogP contribution >= 0.6 is 12.6 Å². The third-order valence-electron chi connectivity index (χ3n) is 2.85. The first-order chi connectivity index (χ1) is 7.36. The van der Waals surface area contributed by atoms with Gasteiger partial charge in [0, 0.05) is 12.4 Å². The van der Waals surface area contributed by atoms with Crippen molar-refractivity contribution in [2.24, 2.45) is 0 Å². The lowest BCUT2D eigenvalue weighted by atomic mass is 10.2. The maximum atomic E-state index is 5.74. The third-order valence-corrected chi connectivity index (χ3v) is 3.25. The van der Waals surface area contributed by atoms with Crippen molar-refractivity contribution < 1.29 is 9.47 Å². The highest BCUT2D eigenvalue weighted by molar-refractivity contribution is 7.80. The molecule has 1 rings (SSSR count). The van der Waals surface area contributed by atoms with Gasteiger partial charge in [-0.3, -0.25) is 0 Å². The van der Waals surface area contributed by atoms with Gasteiger partial charge in [-0.2, -0.15) is 12.6 Å². The van der Waals surface area contributed by atoms with Crippen LogP contribution in [0.2, 0.25) is 0 Å². The van der Waals surface area contributed by atoms with E-state index in [0.29, 0.717) is 12.2 Å². The molecule has 0 saturated carbocycles. The molecule has 0 aliphatic carbocycles. The number of hydrogen-bond acceptors (Lipinski definition) is 3. The molecule has 0 aromatic rings. The standard InChI is InChI=1S/C12H24O2S/c1-2-3-4-5-8-13-9-11-6-7-12(10-15)14-11/h11-12,15H,2-10H2,1H3. The van der Waals surface area contributed by atoms with Crippen LogP contribution < -0.4 is 0 Å². The Morgan fingerprint density at radius 2 is 2.00 bits per heavy atom. The van der Waals surface area contributed by atoms with Crippen molar-refractivity contribution in [1.82, 2.24) is 0 Å². The maximum Gasteiger partial charge on any atom is 0.0813 e. The van der Waals surface area contributed by atoms with E-state index in [-0.39, 0.29) is 0 Å². The van der Waals surface area contributed by atoms with Gasteiger partial charge in [-0.25, -0.2) is 0 Å². The number of rotatable bonds is 8. The Kier molecular flexibility index (Phi) is 7.49. The summed E-state index contributed by atoms with van der Waals surface area (Å²) in [7, 11) is 0. The van der Waals surface area contributed by atoms with E-state index in [4.69, 9.17) is 9.47 Å². The molecule has 0 N–H and O–H groups in total. The zero-order chi connectivity index (χ0) is 10.9. The Hall–Kier alpha value is 0.270. The van der Waals surface area contributed by atoms with Crippen LogP contribution in [0.3, 0.4) is 0 Å². The van der Waals surface area contributed by atoms with E-state index < -0.39 is 0 Å². The first-order valence-electron chi connectivity index (χ1n) is 6.21. The highest BCUT2D eigenvalue weighted by Gasteiger charge is 2.23. The molecular weight excluding hydrogens is 208 g/mol. The summed E-state index contributed by atoms with van der Waals surface area (Å²) in [6.45, 7) is 3.90. The van der Waals surface area contributed by atoms with Gasteiger partial charge in [0.1, 0.15) is 0 Å². The molecule has 90 valence electrons. The lowest BCUT2D eigenvalue weighted by Gasteiger charge is -2.12. The van der Waals surface area contributed by atoms with Crippen molar-refractivity contribution >= 4 is 12.6 Å². The lowest BCUT2D eigenvalue weighted by Crippen LogP contribution is -2.18. The van der Waals surface area contributed by atoms with Crippen LogP contribution in [-0.4, -0.2) is 31.2 Å². The first kappa shape index (κ1) is 13.3. The van der Waals surface area contributed by atoms with Crippen molar-refractivity contribution in [2.75, 3.05) is 19.0 Å². The van der Waals surface area contributed by atoms with E-state index in [1.54, 1.807) is 0 Å². The SMILES string of the molecule is CCCCCCOCC1CCC(CS)O1. The minimum atomic E-state index is 0.327. The van der Waals surface area contributed by atoms with Crippen molar-refractivity contribution in [1.29, 1.82) is 0 Å². The van der Waals surface area contributed by atoms with Gasteiger partial charge in [0.2, 0.25) is 0 Å². The maximum absolute atomic E-state index is 5.74. The van der Waals surface area contributed by atoms with E-state index in [9.17, 15) is 0 Å². The molecule has 2 atom stereocenters. The van der Waals surface area contributed by atoms with Crippen LogP contribution in [0.4, 0.5) is 0 Å². The Balaban J connectivity index is 1.88. The van der Waals surface area contributed by atoms with Crippen LogP contribution in [0.15, 0.2) is 0 Å². The quantitative estimate of drug-likeness (QED) is 0.512. The summed E-state index contributed by atoms with van der Waals surface area (Å²) in [6, 6.07) is 0. The highest BCUT2D eigenvalue weighted by atomic mass is 32.1. The molecule has 1 heterocycles. The molecule has 3 heteroatoms. The Morgan fingerprint density at radius 1 is 1.20 bits per heavy atom. The van der Waals surface area contributed by atoms with Gasteiger partial charge >= 0.3 is 0 Å². The summed E-state index contributed by atoms with van der Waals surface area (Å²) in [6.07, 6.45) is 8.07. The summed E-state index contributed by atoms with van der Waals surface area (Å²) in [4.78, 5) is 0. The number of hydrogen-bond donors (Lipinski definition) is 1. The summed E-state index contributed by atoms with van der Waals surface area (Å²) >= 11 is 4.24. The summed E-state index contributed by atoms with van der Waals surface area (Å²) in [5.41, 5.74) is 0. The average Bonchev–Trinajstić information content (AvgIpc) is 2.71. The van der Waals surface area contributed by atoms with Crippen molar-refractivity contribution in [3.8, 4) is 0 Å². The van der Waals surface area contributed by atoms with E-state index in [1.165, 1.54) is 25.7 Å². The van der Waals surface area contributed by atoms with Crippen LogP contribution in [0.1, 0.15) is 45.4 Å². The third kappa shape index (κ3) is 5.79. The second-order valence-electron chi connectivity index (χ2n) is 4.28. The molecule has 0 amide bonds. The second-order valence-corrected chi connectivity index (χ2v) is 4.64. The van der Waals surface area contributed by atoms with E-state index in [1.807, 2.05) is 0 Å². The molecule has 1 aliphatic heterocycles. The zero-order valence-electron chi connectivity index (χ0n) is 9.78. The number of thiol groups is 1. The van der Waals surface area contributed by atoms with Gasteiger partial charge in [0.05, 0.1) is 18.8 Å². The molecule has 0 aromatic heterocycles. The molecule has 0 spiro atoms.